The Balaban J connectivity index is 4.36. The highest BCUT2D eigenvalue weighted by atomic mass is 16.6. The number of allylic oxidation sites excluding steroid dienone is 6. The van der Waals surface area contributed by atoms with E-state index in [0.717, 1.165) is 83.5 Å². The van der Waals surface area contributed by atoms with E-state index in [4.69, 9.17) is 14.2 Å². The van der Waals surface area contributed by atoms with Gasteiger partial charge >= 0.3 is 17.9 Å². The van der Waals surface area contributed by atoms with Crippen molar-refractivity contribution in [3.05, 3.63) is 36.5 Å². The predicted molar refractivity (Wildman–Crippen MR) is 247 cm³/mol. The van der Waals surface area contributed by atoms with E-state index >= 15 is 0 Å². The van der Waals surface area contributed by atoms with Gasteiger partial charge in [0.25, 0.3) is 0 Å². The second kappa shape index (κ2) is 47.3. The SMILES string of the molecule is CC\C=C/C=C\C=C/CCCCCCCC(=O)OC(COC(=O)CCCCCCCCCCCCCC)COC(=O)CCCCCCCCCCCCCCCCC. The van der Waals surface area contributed by atoms with Crippen molar-refractivity contribution in [2.24, 2.45) is 0 Å². The maximum Gasteiger partial charge on any atom is 0.306 e. The number of carbonyl (C=O) groups is 3. The molecule has 0 aromatic rings. The van der Waals surface area contributed by atoms with Crippen LogP contribution in [0.5, 0.6) is 0 Å². The zero-order valence-corrected chi connectivity index (χ0v) is 38.6. The molecule has 0 aromatic carbocycles. The van der Waals surface area contributed by atoms with Gasteiger partial charge in [0, 0.05) is 19.3 Å². The van der Waals surface area contributed by atoms with E-state index in [9.17, 15) is 14.4 Å². The normalized spacial score (nSPS) is 12.3. The molecule has 0 aromatic heterocycles. The van der Waals surface area contributed by atoms with Gasteiger partial charge in [0.15, 0.2) is 6.10 Å². The molecule has 0 rings (SSSR count). The highest BCUT2D eigenvalue weighted by molar-refractivity contribution is 5.71. The summed E-state index contributed by atoms with van der Waals surface area (Å²) in [6.45, 7) is 6.50. The first kappa shape index (κ1) is 55.6. The summed E-state index contributed by atoms with van der Waals surface area (Å²) in [7, 11) is 0. The molecule has 338 valence electrons. The van der Waals surface area contributed by atoms with Gasteiger partial charge in [-0.1, -0.05) is 237 Å². The van der Waals surface area contributed by atoms with Crippen LogP contribution in [0.3, 0.4) is 0 Å². The summed E-state index contributed by atoms with van der Waals surface area (Å²) in [5, 5.41) is 0. The molecule has 58 heavy (non-hydrogen) atoms. The van der Waals surface area contributed by atoms with E-state index in [1.54, 1.807) is 0 Å². The van der Waals surface area contributed by atoms with Crippen molar-refractivity contribution in [2.75, 3.05) is 13.2 Å². The van der Waals surface area contributed by atoms with Crippen molar-refractivity contribution in [1.82, 2.24) is 0 Å². The molecular weight excluding hydrogens is 721 g/mol. The van der Waals surface area contributed by atoms with Crippen LogP contribution < -0.4 is 0 Å². The molecular formula is C52H94O6. The molecule has 6 nitrogen and oxygen atoms in total. The average molecular weight is 815 g/mol. The molecule has 0 spiro atoms. The van der Waals surface area contributed by atoms with Crippen LogP contribution in [-0.4, -0.2) is 37.2 Å². The number of esters is 3. The van der Waals surface area contributed by atoms with Gasteiger partial charge in [-0.05, 0) is 38.5 Å². The largest absolute Gasteiger partial charge is 0.462 e. The van der Waals surface area contributed by atoms with E-state index in [0.29, 0.717) is 19.3 Å². The van der Waals surface area contributed by atoms with Gasteiger partial charge in [0.2, 0.25) is 0 Å². The van der Waals surface area contributed by atoms with E-state index in [2.05, 4.69) is 57.2 Å². The first-order valence-electron chi connectivity index (χ1n) is 25.0. The second-order valence-corrected chi connectivity index (χ2v) is 16.8. The lowest BCUT2D eigenvalue weighted by molar-refractivity contribution is -0.167. The molecule has 0 saturated carbocycles. The lowest BCUT2D eigenvalue weighted by Crippen LogP contribution is -2.30. The Morgan fingerprint density at radius 2 is 0.672 bits per heavy atom. The molecule has 0 aliphatic heterocycles. The number of unbranched alkanes of at least 4 members (excludes halogenated alkanes) is 30. The van der Waals surface area contributed by atoms with Gasteiger partial charge in [-0.2, -0.15) is 0 Å². The fourth-order valence-corrected chi connectivity index (χ4v) is 7.21. The van der Waals surface area contributed by atoms with E-state index < -0.39 is 6.10 Å². The third-order valence-electron chi connectivity index (χ3n) is 11.0. The quantitative estimate of drug-likeness (QED) is 0.0264. The number of carbonyl (C=O) groups excluding carboxylic acids is 3. The van der Waals surface area contributed by atoms with Gasteiger partial charge in [0.05, 0.1) is 0 Å². The highest BCUT2D eigenvalue weighted by Crippen LogP contribution is 2.16. The van der Waals surface area contributed by atoms with Crippen LogP contribution in [0.2, 0.25) is 0 Å². The van der Waals surface area contributed by atoms with Crippen LogP contribution in [0, 0.1) is 0 Å². The van der Waals surface area contributed by atoms with Crippen molar-refractivity contribution in [2.45, 2.75) is 264 Å². The zero-order valence-electron chi connectivity index (χ0n) is 38.6. The van der Waals surface area contributed by atoms with Crippen LogP contribution in [0.15, 0.2) is 36.5 Å². The fourth-order valence-electron chi connectivity index (χ4n) is 7.21. The van der Waals surface area contributed by atoms with Gasteiger partial charge in [-0.3, -0.25) is 14.4 Å². The Labute approximate surface area is 359 Å². The van der Waals surface area contributed by atoms with Crippen molar-refractivity contribution >= 4 is 17.9 Å². The standard InChI is InChI=1S/C52H94O6/c1-4-7-10-13-16-19-22-25-26-28-30-33-36-39-42-45-51(54)57-48-49(47-56-50(53)44-41-38-35-32-29-24-21-18-15-12-9-6-3)58-52(55)46-43-40-37-34-31-27-23-20-17-14-11-8-5-2/h8,11,14,17,20,23,49H,4-7,9-10,12-13,15-16,18-19,21-22,24-48H2,1-3H3/b11-8-,17-14-,23-20-. The molecule has 6 heteroatoms. The minimum absolute atomic E-state index is 0.0766. The molecule has 0 saturated heterocycles. The maximum atomic E-state index is 12.7. The number of hydrogen-bond donors (Lipinski definition) is 0. The molecule has 0 bridgehead atoms. The van der Waals surface area contributed by atoms with Crippen molar-refractivity contribution in [3.63, 3.8) is 0 Å². The number of rotatable bonds is 45. The Morgan fingerprint density at radius 3 is 1.03 bits per heavy atom. The monoisotopic (exact) mass is 815 g/mol. The molecule has 0 aliphatic carbocycles. The third kappa shape index (κ3) is 44.7. The van der Waals surface area contributed by atoms with E-state index in [1.807, 2.05) is 0 Å². The van der Waals surface area contributed by atoms with Gasteiger partial charge in [-0.25, -0.2) is 0 Å². The molecule has 0 heterocycles. The minimum Gasteiger partial charge on any atom is -0.462 e. The molecule has 1 atom stereocenters. The van der Waals surface area contributed by atoms with Crippen molar-refractivity contribution in [1.29, 1.82) is 0 Å². The van der Waals surface area contributed by atoms with Crippen LogP contribution in [0.4, 0.5) is 0 Å². The summed E-state index contributed by atoms with van der Waals surface area (Å²) in [5.74, 6) is -0.887. The molecule has 0 radical (unpaired) electrons. The summed E-state index contributed by atoms with van der Waals surface area (Å²) in [4.78, 5) is 37.9. The van der Waals surface area contributed by atoms with Gasteiger partial charge in [-0.15, -0.1) is 0 Å². The molecule has 1 unspecified atom stereocenters. The van der Waals surface area contributed by atoms with Gasteiger partial charge < -0.3 is 14.2 Å². The lowest BCUT2D eigenvalue weighted by atomic mass is 10.0. The average Bonchev–Trinajstić information content (AvgIpc) is 3.22. The second-order valence-electron chi connectivity index (χ2n) is 16.8. The summed E-state index contributed by atoms with van der Waals surface area (Å²) >= 11 is 0. The van der Waals surface area contributed by atoms with Crippen LogP contribution >= 0.6 is 0 Å². The first-order chi connectivity index (χ1) is 28.5. The fraction of sp³-hybridized carbons (Fsp3) is 0.827. The predicted octanol–water partition coefficient (Wildman–Crippen LogP) is 16.1. The molecule has 0 fully saturated rings. The molecule has 0 amide bonds. The van der Waals surface area contributed by atoms with Gasteiger partial charge in [0.1, 0.15) is 13.2 Å². The van der Waals surface area contributed by atoms with Crippen molar-refractivity contribution in [3.8, 4) is 0 Å². The highest BCUT2D eigenvalue weighted by Gasteiger charge is 2.19. The summed E-state index contributed by atoms with van der Waals surface area (Å²) in [6, 6.07) is 0. The number of ether oxygens (including phenoxy) is 3. The summed E-state index contributed by atoms with van der Waals surface area (Å²) in [6.07, 6.45) is 54.1. The molecule has 0 N–H and O–H groups in total. The topological polar surface area (TPSA) is 78.9 Å². The Kier molecular flexibility index (Phi) is 45.4. The number of hydrogen-bond acceptors (Lipinski definition) is 6. The van der Waals surface area contributed by atoms with Crippen LogP contribution in [0.1, 0.15) is 258 Å². The summed E-state index contributed by atoms with van der Waals surface area (Å²) < 4.78 is 16.8. The Morgan fingerprint density at radius 1 is 0.362 bits per heavy atom. The minimum atomic E-state index is -0.776. The third-order valence-corrected chi connectivity index (χ3v) is 11.0. The summed E-state index contributed by atoms with van der Waals surface area (Å²) in [5.41, 5.74) is 0. The Bertz CT molecular complexity index is 984. The van der Waals surface area contributed by atoms with E-state index in [-0.39, 0.29) is 31.1 Å². The maximum absolute atomic E-state index is 12.7. The Hall–Kier alpha value is -2.37. The lowest BCUT2D eigenvalue weighted by Gasteiger charge is -2.18. The molecule has 0 aliphatic rings. The van der Waals surface area contributed by atoms with Crippen molar-refractivity contribution < 1.29 is 28.6 Å². The van der Waals surface area contributed by atoms with E-state index in [1.165, 1.54) is 135 Å². The van der Waals surface area contributed by atoms with Crippen LogP contribution in [0.25, 0.3) is 0 Å². The smallest absolute Gasteiger partial charge is 0.306 e. The zero-order chi connectivity index (χ0) is 42.3. The van der Waals surface area contributed by atoms with Crippen LogP contribution in [-0.2, 0) is 28.6 Å². The first-order valence-corrected chi connectivity index (χ1v) is 25.0.